The van der Waals surface area contributed by atoms with Crippen molar-refractivity contribution >= 4 is 52.5 Å². The number of esters is 1. The summed E-state index contributed by atoms with van der Waals surface area (Å²) in [5, 5.41) is 10.4. The largest absolute Gasteiger partial charge is 0.464 e. The van der Waals surface area contributed by atoms with E-state index in [-0.39, 0.29) is 43.3 Å². The first kappa shape index (κ1) is 26.5. The lowest BCUT2D eigenvalue weighted by molar-refractivity contribution is -0.144. The highest BCUT2D eigenvalue weighted by molar-refractivity contribution is 6.31. The normalized spacial score (nSPS) is 27.9. The lowest BCUT2D eigenvalue weighted by atomic mass is 9.56. The molecule has 1 N–H and O–H groups in total. The monoisotopic (exact) mass is 556 g/mol. The Balaban J connectivity index is 1.66. The number of fused-ring (bicyclic) bond motifs is 3. The number of amides is 2. The van der Waals surface area contributed by atoms with E-state index >= 15 is 0 Å². The van der Waals surface area contributed by atoms with Gasteiger partial charge in [0.1, 0.15) is 24.4 Å². The van der Waals surface area contributed by atoms with E-state index in [0.717, 1.165) is 16.2 Å². The molecule has 1 spiro atoms. The molecule has 0 radical (unpaired) electrons. The van der Waals surface area contributed by atoms with Crippen LogP contribution in [0.1, 0.15) is 38.7 Å². The molecule has 1 aromatic rings. The molecule has 38 heavy (non-hydrogen) atoms. The van der Waals surface area contributed by atoms with E-state index < -0.39 is 17.4 Å². The third-order valence-corrected chi connectivity index (χ3v) is 8.49. The predicted molar refractivity (Wildman–Crippen MR) is 147 cm³/mol. The number of hydrogen-bond acceptors (Lipinski definition) is 6. The van der Waals surface area contributed by atoms with Crippen LogP contribution < -0.4 is 5.32 Å². The zero-order valence-electron chi connectivity index (χ0n) is 21.4. The van der Waals surface area contributed by atoms with E-state index in [9.17, 15) is 14.4 Å². The number of ether oxygens (including phenoxy) is 1. The molecular weight excluding hydrogens is 527 g/mol. The first-order chi connectivity index (χ1) is 18.2. The molecule has 10 heteroatoms. The number of hydrogen-bond donors (Lipinski definition) is 1. The summed E-state index contributed by atoms with van der Waals surface area (Å²) in [5.74, 6) is -0.358. The third kappa shape index (κ3) is 4.33. The Morgan fingerprint density at radius 3 is 2.79 bits per heavy atom. The summed E-state index contributed by atoms with van der Waals surface area (Å²) >= 11 is 12.8. The summed E-state index contributed by atoms with van der Waals surface area (Å²) in [6.45, 7) is 7.98. The van der Waals surface area contributed by atoms with Crippen molar-refractivity contribution < 1.29 is 19.1 Å². The number of benzene rings is 1. The van der Waals surface area contributed by atoms with Gasteiger partial charge in [0.15, 0.2) is 0 Å². The first-order valence-electron chi connectivity index (χ1n) is 12.8. The summed E-state index contributed by atoms with van der Waals surface area (Å²) in [4.78, 5) is 40.7. The van der Waals surface area contributed by atoms with Gasteiger partial charge in [-0.15, -0.1) is 0 Å². The van der Waals surface area contributed by atoms with E-state index in [4.69, 9.17) is 33.0 Å². The van der Waals surface area contributed by atoms with Gasteiger partial charge in [-0.2, -0.15) is 5.10 Å². The van der Waals surface area contributed by atoms with Gasteiger partial charge in [-0.25, -0.2) is 5.01 Å². The smallest absolute Gasteiger partial charge is 0.302 e. The van der Waals surface area contributed by atoms with E-state index in [1.807, 2.05) is 30.0 Å². The first-order valence-corrected chi connectivity index (χ1v) is 13.5. The van der Waals surface area contributed by atoms with Crippen LogP contribution in [0.5, 0.6) is 0 Å². The number of nitrogens with zero attached hydrogens (tertiary/aromatic N) is 3. The molecule has 8 nitrogen and oxygen atoms in total. The number of carbonyl (C=O) groups is 3. The van der Waals surface area contributed by atoms with Crippen molar-refractivity contribution in [2.45, 2.75) is 44.6 Å². The molecule has 2 amide bonds. The lowest BCUT2D eigenvalue weighted by Crippen LogP contribution is -2.68. The van der Waals surface area contributed by atoms with Crippen molar-refractivity contribution in [3.63, 3.8) is 0 Å². The van der Waals surface area contributed by atoms with E-state index in [1.165, 1.54) is 11.9 Å². The van der Waals surface area contributed by atoms with Crippen LogP contribution in [0.15, 0.2) is 58.7 Å². The number of amidine groups is 1. The summed E-state index contributed by atoms with van der Waals surface area (Å²) in [6.07, 6.45) is 7.57. The van der Waals surface area contributed by atoms with E-state index in [0.29, 0.717) is 35.8 Å². The van der Waals surface area contributed by atoms with Crippen molar-refractivity contribution in [2.75, 3.05) is 25.0 Å². The van der Waals surface area contributed by atoms with E-state index in [1.54, 1.807) is 12.1 Å². The molecule has 5 rings (SSSR count). The van der Waals surface area contributed by atoms with Crippen LogP contribution in [0.25, 0.3) is 0 Å². The molecule has 1 unspecified atom stereocenters. The molecule has 1 aliphatic carbocycles. The van der Waals surface area contributed by atoms with Gasteiger partial charge in [0.2, 0.25) is 5.91 Å². The predicted octanol–water partition coefficient (Wildman–Crippen LogP) is 4.60. The fourth-order valence-corrected chi connectivity index (χ4v) is 6.78. The number of piperidine rings is 1. The number of anilines is 1. The van der Waals surface area contributed by atoms with Crippen LogP contribution in [0.3, 0.4) is 0 Å². The van der Waals surface area contributed by atoms with Crippen LogP contribution in [-0.2, 0) is 24.5 Å². The molecule has 1 saturated heterocycles. The maximum atomic E-state index is 14.2. The van der Waals surface area contributed by atoms with Crippen LogP contribution in [-0.4, -0.2) is 59.3 Å². The average Bonchev–Trinajstić information content (AvgIpc) is 3.14. The second-order valence-electron chi connectivity index (χ2n) is 10.1. The molecule has 4 aliphatic rings. The Hall–Kier alpha value is -3.10. The highest BCUT2D eigenvalue weighted by Gasteiger charge is 2.64. The average molecular weight is 557 g/mol. The maximum Gasteiger partial charge on any atom is 0.302 e. The Morgan fingerprint density at radius 1 is 1.29 bits per heavy atom. The Labute approximate surface area is 232 Å². The number of carbonyl (C=O) groups excluding carboxylic acids is 3. The minimum atomic E-state index is -1.03. The fourth-order valence-electron chi connectivity index (χ4n) is 6.36. The molecular formula is C28H30Cl2N4O4. The summed E-state index contributed by atoms with van der Waals surface area (Å²) in [7, 11) is 0. The number of halogens is 2. The highest BCUT2D eigenvalue weighted by atomic mass is 35.5. The van der Waals surface area contributed by atoms with Gasteiger partial charge in [0, 0.05) is 29.1 Å². The quantitative estimate of drug-likeness (QED) is 0.408. The van der Waals surface area contributed by atoms with Gasteiger partial charge >= 0.3 is 5.97 Å². The Morgan fingerprint density at radius 2 is 2.08 bits per heavy atom. The Bertz CT molecular complexity index is 1310. The summed E-state index contributed by atoms with van der Waals surface area (Å²) in [6, 6.07) is 4.99. The molecule has 0 saturated carbocycles. The number of hydrazone groups is 1. The van der Waals surface area contributed by atoms with Crippen LogP contribution >= 0.6 is 23.2 Å². The van der Waals surface area contributed by atoms with Gasteiger partial charge in [-0.1, -0.05) is 60.5 Å². The molecule has 0 bridgehead atoms. The molecule has 200 valence electrons. The zero-order valence-corrected chi connectivity index (χ0v) is 22.9. The van der Waals surface area contributed by atoms with Crippen molar-refractivity contribution in [1.82, 2.24) is 9.91 Å². The lowest BCUT2D eigenvalue weighted by Gasteiger charge is -2.56. The molecule has 1 fully saturated rings. The van der Waals surface area contributed by atoms with Crippen LogP contribution in [0.2, 0.25) is 5.02 Å². The number of rotatable bonds is 6. The van der Waals surface area contributed by atoms with Crippen LogP contribution in [0.4, 0.5) is 5.69 Å². The van der Waals surface area contributed by atoms with Gasteiger partial charge in [0.25, 0.3) is 5.91 Å². The van der Waals surface area contributed by atoms with Crippen LogP contribution in [0, 0.1) is 11.8 Å². The minimum Gasteiger partial charge on any atom is -0.464 e. The second kappa shape index (κ2) is 10.2. The van der Waals surface area contributed by atoms with Gasteiger partial charge in [0.05, 0.1) is 12.6 Å². The van der Waals surface area contributed by atoms with Gasteiger partial charge in [-0.05, 0) is 48.4 Å². The minimum absolute atomic E-state index is 0.0361. The zero-order chi connectivity index (χ0) is 27.2. The van der Waals surface area contributed by atoms with Crippen molar-refractivity contribution in [3.8, 4) is 0 Å². The van der Waals surface area contributed by atoms with E-state index in [2.05, 4.69) is 18.0 Å². The molecule has 3 aliphatic heterocycles. The number of nitrogens with one attached hydrogen (secondary N) is 1. The van der Waals surface area contributed by atoms with Crippen molar-refractivity contribution in [3.05, 3.63) is 64.2 Å². The topological polar surface area (TPSA) is 91.3 Å². The summed E-state index contributed by atoms with van der Waals surface area (Å²) in [5.41, 5.74) is 1.33. The van der Waals surface area contributed by atoms with Gasteiger partial charge < -0.3 is 15.0 Å². The Kier molecular flexibility index (Phi) is 7.13. The summed E-state index contributed by atoms with van der Waals surface area (Å²) < 4.78 is 5.05. The molecule has 4 atom stereocenters. The molecule has 3 heterocycles. The molecule has 0 aromatic heterocycles. The number of allylic oxidation sites excluding steroid dienone is 4. The SMILES string of the molecule is C=C(CC)[C@H]1N2CC(=O)N(CCOC(C)=O)N=C2C[C@@H](C2C=CC=C(Cl)C2)[C@]12C(=O)Nc1cc(Cl)ccc12. The van der Waals surface area contributed by atoms with Crippen molar-refractivity contribution in [2.24, 2.45) is 16.9 Å². The third-order valence-electron chi connectivity index (χ3n) is 7.97. The fraction of sp³-hybridized carbons (Fsp3) is 0.429. The van der Waals surface area contributed by atoms with Crippen molar-refractivity contribution in [1.29, 1.82) is 0 Å². The standard InChI is InChI=1S/C28H30Cl2N4O4/c1-4-16(2)26-28(21-9-8-20(30)13-23(21)31-27(28)37)22(18-6-5-7-19(29)12-18)14-24-32-34(10-11-38-17(3)35)25(36)15-33(24)26/h5-9,13,18,22,26H,2,4,10-12,14-15H2,1,3H3,(H,31,37)/t18?,22-,26+,28-/m0/s1. The second-order valence-corrected chi connectivity index (χ2v) is 11.0. The highest BCUT2D eigenvalue weighted by Crippen LogP contribution is 2.57. The van der Waals surface area contributed by atoms with Gasteiger partial charge in [-0.3, -0.25) is 14.4 Å². The molecule has 1 aromatic carbocycles. The maximum absolute atomic E-state index is 14.2.